The van der Waals surface area contributed by atoms with Crippen molar-refractivity contribution in [3.8, 4) is 0 Å². The van der Waals surface area contributed by atoms with Gasteiger partial charge in [0.1, 0.15) is 0 Å². The van der Waals surface area contributed by atoms with Crippen LogP contribution in [0.15, 0.2) is 0 Å². The van der Waals surface area contributed by atoms with E-state index in [4.69, 9.17) is 5.11 Å². The third kappa shape index (κ3) is 9.47. The molecule has 1 atom stereocenters. The highest BCUT2D eigenvalue weighted by Crippen LogP contribution is 2.08. The fourth-order valence-electron chi connectivity index (χ4n) is 1.68. The summed E-state index contributed by atoms with van der Waals surface area (Å²) in [5.74, 6) is -1.53. The number of nitrogens with one attached hydrogen (secondary N) is 1. The number of carboxylic acid groups (broad SMARTS) is 1. The van der Waals surface area contributed by atoms with Crippen LogP contribution < -0.4 is 5.32 Å². The van der Waals surface area contributed by atoms with Gasteiger partial charge >= 0.3 is 5.97 Å². The number of aliphatic hydroxyl groups is 1. The zero-order valence-corrected chi connectivity index (χ0v) is 12.1. The first-order valence-electron chi connectivity index (χ1n) is 7.12. The fraction of sp³-hybridized carbons (Fsp3) is 0.857. The van der Waals surface area contributed by atoms with E-state index in [1.807, 2.05) is 0 Å². The Morgan fingerprint density at radius 2 is 1.58 bits per heavy atom. The Bertz CT molecular complexity index is 277. The Balaban J connectivity index is 3.53. The molecule has 1 amide bonds. The highest BCUT2D eigenvalue weighted by atomic mass is 16.4. The molecule has 0 aliphatic heterocycles. The van der Waals surface area contributed by atoms with Crippen LogP contribution in [0.1, 0.15) is 65.2 Å². The Kier molecular flexibility index (Phi) is 9.21. The third-order valence-electron chi connectivity index (χ3n) is 3.10. The number of unbranched alkanes of at least 4 members (excludes halogenated alkanes) is 6. The topological polar surface area (TPSA) is 86.6 Å². The second kappa shape index (κ2) is 9.78. The largest absolute Gasteiger partial charge is 0.479 e. The molecule has 0 heterocycles. The highest BCUT2D eigenvalue weighted by molar-refractivity contribution is 5.80. The standard InChI is InChI=1S/C14H27NO4/c1-3-4-5-6-7-8-9-10-12(16)15-11-14(2,19)13(17)18/h19H,3-11H2,1-2H3,(H,15,16)(H,17,18). The first kappa shape index (κ1) is 17.9. The SMILES string of the molecule is CCCCCCCCCC(=O)NCC(C)(O)C(=O)O. The average molecular weight is 273 g/mol. The molecule has 0 spiro atoms. The molecule has 112 valence electrons. The first-order valence-corrected chi connectivity index (χ1v) is 7.12. The predicted molar refractivity (Wildman–Crippen MR) is 73.9 cm³/mol. The molecule has 0 aliphatic rings. The number of carbonyl (C=O) groups is 2. The summed E-state index contributed by atoms with van der Waals surface area (Å²) < 4.78 is 0. The summed E-state index contributed by atoms with van der Waals surface area (Å²) >= 11 is 0. The molecule has 5 nitrogen and oxygen atoms in total. The zero-order chi connectivity index (χ0) is 14.7. The quantitative estimate of drug-likeness (QED) is 0.503. The van der Waals surface area contributed by atoms with Crippen LogP contribution in [-0.4, -0.2) is 34.2 Å². The molecule has 0 bridgehead atoms. The monoisotopic (exact) mass is 273 g/mol. The van der Waals surface area contributed by atoms with E-state index in [2.05, 4.69) is 12.2 Å². The van der Waals surface area contributed by atoms with E-state index in [0.29, 0.717) is 6.42 Å². The minimum atomic E-state index is -1.89. The lowest BCUT2D eigenvalue weighted by Gasteiger charge is -2.18. The maximum atomic E-state index is 11.4. The van der Waals surface area contributed by atoms with Gasteiger partial charge < -0.3 is 15.5 Å². The smallest absolute Gasteiger partial charge is 0.337 e. The molecule has 0 aromatic carbocycles. The number of hydrogen-bond donors (Lipinski definition) is 3. The molecule has 1 unspecified atom stereocenters. The van der Waals surface area contributed by atoms with Gasteiger partial charge in [-0.25, -0.2) is 4.79 Å². The Morgan fingerprint density at radius 1 is 1.05 bits per heavy atom. The predicted octanol–water partition coefficient (Wildman–Crippen LogP) is 2.08. The number of carbonyl (C=O) groups excluding carboxylic acids is 1. The van der Waals surface area contributed by atoms with Crippen LogP contribution >= 0.6 is 0 Å². The number of hydrogen-bond acceptors (Lipinski definition) is 3. The van der Waals surface area contributed by atoms with E-state index in [1.54, 1.807) is 0 Å². The summed E-state index contributed by atoms with van der Waals surface area (Å²) in [4.78, 5) is 22.1. The third-order valence-corrected chi connectivity index (χ3v) is 3.10. The molecule has 0 rings (SSSR count). The highest BCUT2D eigenvalue weighted by Gasteiger charge is 2.29. The van der Waals surface area contributed by atoms with Gasteiger partial charge in [0.2, 0.25) is 5.91 Å². The molecule has 0 aromatic heterocycles. The summed E-state index contributed by atoms with van der Waals surface area (Å²) in [6, 6.07) is 0. The van der Waals surface area contributed by atoms with E-state index in [9.17, 15) is 14.7 Å². The first-order chi connectivity index (χ1) is 8.90. The van der Waals surface area contributed by atoms with Crippen molar-refractivity contribution in [3.63, 3.8) is 0 Å². The van der Waals surface area contributed by atoms with Gasteiger partial charge in [-0.15, -0.1) is 0 Å². The van der Waals surface area contributed by atoms with Gasteiger partial charge in [-0.3, -0.25) is 4.79 Å². The van der Waals surface area contributed by atoms with Gasteiger partial charge in [0.05, 0.1) is 6.54 Å². The minimum absolute atomic E-state index is 0.199. The number of amides is 1. The fourth-order valence-corrected chi connectivity index (χ4v) is 1.68. The van der Waals surface area contributed by atoms with Crippen LogP contribution in [0.2, 0.25) is 0 Å². The summed E-state index contributed by atoms with van der Waals surface area (Å²) in [5.41, 5.74) is -1.89. The lowest BCUT2D eigenvalue weighted by Crippen LogP contribution is -2.46. The van der Waals surface area contributed by atoms with Crippen molar-refractivity contribution in [1.82, 2.24) is 5.32 Å². The summed E-state index contributed by atoms with van der Waals surface area (Å²) in [6.45, 7) is 3.09. The van der Waals surface area contributed by atoms with E-state index >= 15 is 0 Å². The van der Waals surface area contributed by atoms with E-state index in [0.717, 1.165) is 19.3 Å². The van der Waals surface area contributed by atoms with Crippen LogP contribution in [-0.2, 0) is 9.59 Å². The van der Waals surface area contributed by atoms with Crippen molar-refractivity contribution in [2.45, 2.75) is 70.8 Å². The summed E-state index contributed by atoms with van der Waals surface area (Å²) in [7, 11) is 0. The van der Waals surface area contributed by atoms with Crippen LogP contribution in [0.25, 0.3) is 0 Å². The molecule has 0 aliphatic carbocycles. The lowest BCUT2D eigenvalue weighted by atomic mass is 10.1. The average Bonchev–Trinajstić information content (AvgIpc) is 2.35. The number of aliphatic carboxylic acids is 1. The van der Waals surface area contributed by atoms with Crippen molar-refractivity contribution in [2.24, 2.45) is 0 Å². The molecule has 5 heteroatoms. The van der Waals surface area contributed by atoms with Crippen LogP contribution in [0.3, 0.4) is 0 Å². The number of rotatable bonds is 11. The van der Waals surface area contributed by atoms with E-state index < -0.39 is 11.6 Å². The lowest BCUT2D eigenvalue weighted by molar-refractivity contribution is -0.156. The maximum absolute atomic E-state index is 11.4. The molecule has 19 heavy (non-hydrogen) atoms. The van der Waals surface area contributed by atoms with Crippen molar-refractivity contribution in [3.05, 3.63) is 0 Å². The molecule has 3 N–H and O–H groups in total. The van der Waals surface area contributed by atoms with E-state index in [1.165, 1.54) is 32.6 Å². The van der Waals surface area contributed by atoms with Gasteiger partial charge in [0.15, 0.2) is 5.60 Å². The van der Waals surface area contributed by atoms with Gasteiger partial charge in [0, 0.05) is 6.42 Å². The van der Waals surface area contributed by atoms with Gasteiger partial charge in [-0.1, -0.05) is 45.4 Å². The van der Waals surface area contributed by atoms with Crippen LogP contribution in [0.4, 0.5) is 0 Å². The minimum Gasteiger partial charge on any atom is -0.479 e. The Labute approximate surface area is 115 Å². The molecule has 0 saturated carbocycles. The molecule has 0 fully saturated rings. The second-order valence-electron chi connectivity index (χ2n) is 5.23. The van der Waals surface area contributed by atoms with Crippen molar-refractivity contribution in [1.29, 1.82) is 0 Å². The van der Waals surface area contributed by atoms with Crippen LogP contribution in [0, 0.1) is 0 Å². The normalized spacial score (nSPS) is 13.8. The van der Waals surface area contributed by atoms with Crippen molar-refractivity contribution in [2.75, 3.05) is 6.54 Å². The zero-order valence-electron chi connectivity index (χ0n) is 12.1. The van der Waals surface area contributed by atoms with Crippen LogP contribution in [0.5, 0.6) is 0 Å². The van der Waals surface area contributed by atoms with Crippen molar-refractivity contribution < 1.29 is 19.8 Å². The Morgan fingerprint density at radius 3 is 2.11 bits per heavy atom. The summed E-state index contributed by atoms with van der Waals surface area (Å²) in [5, 5.41) is 20.5. The second-order valence-corrected chi connectivity index (χ2v) is 5.23. The van der Waals surface area contributed by atoms with Gasteiger partial charge in [-0.2, -0.15) is 0 Å². The van der Waals surface area contributed by atoms with Crippen molar-refractivity contribution >= 4 is 11.9 Å². The molecule has 0 radical (unpaired) electrons. The molecular weight excluding hydrogens is 246 g/mol. The maximum Gasteiger partial charge on any atom is 0.337 e. The molecular formula is C14H27NO4. The molecule has 0 aromatic rings. The molecule has 0 saturated heterocycles. The van der Waals surface area contributed by atoms with Gasteiger partial charge in [-0.05, 0) is 13.3 Å². The Hall–Kier alpha value is -1.10. The number of carboxylic acids is 1. The van der Waals surface area contributed by atoms with E-state index in [-0.39, 0.29) is 12.5 Å². The van der Waals surface area contributed by atoms with Gasteiger partial charge in [0.25, 0.3) is 0 Å². The summed E-state index contributed by atoms with van der Waals surface area (Å²) in [6.07, 6.45) is 8.33.